The third kappa shape index (κ3) is 3.59. The van der Waals surface area contributed by atoms with Crippen LogP contribution < -0.4 is 5.09 Å². The van der Waals surface area contributed by atoms with Crippen LogP contribution in [0.3, 0.4) is 0 Å². The van der Waals surface area contributed by atoms with Crippen molar-refractivity contribution in [3.05, 3.63) is 48.0 Å². The van der Waals surface area contributed by atoms with Crippen molar-refractivity contribution in [2.75, 3.05) is 0 Å². The summed E-state index contributed by atoms with van der Waals surface area (Å²) in [7, 11) is -2.89. The lowest BCUT2D eigenvalue weighted by Gasteiger charge is -2.38. The fraction of sp³-hybridized carbons (Fsp3) is 0.583. The Morgan fingerprint density at radius 2 is 1.41 bits per heavy atom. The average molecular weight is 414 g/mol. The van der Waals surface area contributed by atoms with Crippen molar-refractivity contribution in [2.45, 2.75) is 90.5 Å². The molecule has 4 nitrogen and oxygen atoms in total. The number of benzene rings is 2. The van der Waals surface area contributed by atoms with E-state index < -0.39 is 7.59 Å². The molecule has 0 unspecified atom stereocenters. The Balaban J connectivity index is 1.74. The summed E-state index contributed by atoms with van der Waals surface area (Å²) in [5.74, 6) is 0. The summed E-state index contributed by atoms with van der Waals surface area (Å²) < 4.78 is 19.5. The van der Waals surface area contributed by atoms with Gasteiger partial charge in [0.25, 0.3) is 7.59 Å². The summed E-state index contributed by atoms with van der Waals surface area (Å²) in [5, 5.41) is 6.17. The predicted molar refractivity (Wildman–Crippen MR) is 123 cm³/mol. The SMILES string of the molecule is CC(C)N1[C@@H]2CCCC[C@H]2N(C(C)C)P1(=O)N[C@H](C)c1cccc2ccccc12. The van der Waals surface area contributed by atoms with Crippen LogP contribution >= 0.6 is 7.59 Å². The van der Waals surface area contributed by atoms with Crippen LogP contribution in [0.1, 0.15) is 71.9 Å². The van der Waals surface area contributed by atoms with Gasteiger partial charge in [0.1, 0.15) is 0 Å². The molecule has 0 aromatic heterocycles. The van der Waals surface area contributed by atoms with Gasteiger partial charge in [-0.3, -0.25) is 4.57 Å². The van der Waals surface area contributed by atoms with E-state index in [0.29, 0.717) is 12.1 Å². The van der Waals surface area contributed by atoms with E-state index in [2.05, 4.69) is 91.5 Å². The lowest BCUT2D eigenvalue weighted by Crippen LogP contribution is -2.43. The van der Waals surface area contributed by atoms with E-state index in [9.17, 15) is 4.57 Å². The van der Waals surface area contributed by atoms with Gasteiger partial charge in [-0.1, -0.05) is 55.3 Å². The smallest absolute Gasteiger partial charge is 0.270 e. The van der Waals surface area contributed by atoms with E-state index in [-0.39, 0.29) is 18.1 Å². The highest BCUT2D eigenvalue weighted by molar-refractivity contribution is 7.57. The summed E-state index contributed by atoms with van der Waals surface area (Å²) in [6, 6.07) is 16.2. The van der Waals surface area contributed by atoms with Crippen molar-refractivity contribution < 1.29 is 4.57 Å². The number of rotatable bonds is 5. The fourth-order valence-corrected chi connectivity index (χ4v) is 9.45. The molecule has 1 aliphatic heterocycles. The zero-order valence-corrected chi connectivity index (χ0v) is 19.4. The van der Waals surface area contributed by atoms with E-state index in [1.54, 1.807) is 0 Å². The number of nitrogens with zero attached hydrogens (tertiary/aromatic N) is 2. The van der Waals surface area contributed by atoms with Crippen LogP contribution in [0.5, 0.6) is 0 Å². The molecule has 5 heteroatoms. The Kier molecular flexibility index (Phi) is 5.92. The molecule has 1 heterocycles. The van der Waals surface area contributed by atoms with Crippen molar-refractivity contribution in [3.8, 4) is 0 Å². The molecule has 1 N–H and O–H groups in total. The van der Waals surface area contributed by atoms with E-state index in [0.717, 1.165) is 12.8 Å². The second-order valence-electron chi connectivity index (χ2n) is 9.33. The summed E-state index contributed by atoms with van der Waals surface area (Å²) in [6.07, 6.45) is 4.80. The van der Waals surface area contributed by atoms with Crippen LogP contribution in [0.15, 0.2) is 42.5 Å². The van der Waals surface area contributed by atoms with Crippen LogP contribution in [-0.2, 0) is 4.57 Å². The largest absolute Gasteiger partial charge is 0.285 e. The van der Waals surface area contributed by atoms with E-state index >= 15 is 0 Å². The normalized spacial score (nSPS) is 26.3. The topological polar surface area (TPSA) is 35.6 Å². The summed E-state index contributed by atoms with van der Waals surface area (Å²) in [4.78, 5) is 0. The van der Waals surface area contributed by atoms with Gasteiger partial charge in [0.05, 0.1) is 0 Å². The molecule has 2 aromatic rings. The standard InChI is InChI=1S/C24H36N3OP/c1-17(2)26-23-15-8-9-16-24(23)27(18(3)4)29(26,28)25-19(5)21-14-10-12-20-11-6-7-13-22(20)21/h6-7,10-14,17-19,23-24H,8-9,15-16H2,1-5H3,(H,25,28)/t19-,23-,24-/m1/s1. The first kappa shape index (κ1) is 21.1. The van der Waals surface area contributed by atoms with E-state index in [1.165, 1.54) is 29.2 Å². The van der Waals surface area contributed by atoms with Gasteiger partial charge in [0.2, 0.25) is 0 Å². The van der Waals surface area contributed by atoms with Crippen LogP contribution in [0.4, 0.5) is 0 Å². The molecule has 2 aliphatic rings. The molecule has 0 radical (unpaired) electrons. The molecule has 158 valence electrons. The summed E-state index contributed by atoms with van der Waals surface area (Å²) in [6.45, 7) is 11.0. The Hall–Kier alpha value is -1.19. The Morgan fingerprint density at radius 3 is 2.00 bits per heavy atom. The van der Waals surface area contributed by atoms with Gasteiger partial charge in [0, 0.05) is 30.2 Å². The second-order valence-corrected chi connectivity index (χ2v) is 11.6. The van der Waals surface area contributed by atoms with Crippen LogP contribution in [0.2, 0.25) is 0 Å². The zero-order chi connectivity index (χ0) is 20.8. The van der Waals surface area contributed by atoms with Crippen molar-refractivity contribution in [1.29, 1.82) is 0 Å². The van der Waals surface area contributed by atoms with Gasteiger partial charge < -0.3 is 0 Å². The molecule has 1 aliphatic carbocycles. The van der Waals surface area contributed by atoms with Crippen molar-refractivity contribution in [2.24, 2.45) is 0 Å². The average Bonchev–Trinajstić information content (AvgIpc) is 2.95. The van der Waals surface area contributed by atoms with Crippen LogP contribution in [0.25, 0.3) is 10.8 Å². The minimum Gasteiger partial charge on any atom is -0.270 e. The number of hydrogen-bond donors (Lipinski definition) is 1. The first-order valence-corrected chi connectivity index (χ1v) is 12.9. The highest BCUT2D eigenvalue weighted by atomic mass is 31.2. The maximum absolute atomic E-state index is 14.8. The molecular formula is C24H36N3OP. The highest BCUT2D eigenvalue weighted by Gasteiger charge is 2.57. The van der Waals surface area contributed by atoms with E-state index in [4.69, 9.17) is 0 Å². The van der Waals surface area contributed by atoms with Gasteiger partial charge in [-0.05, 0) is 63.8 Å². The molecule has 0 spiro atoms. The molecule has 0 bridgehead atoms. The third-order valence-electron chi connectivity index (χ3n) is 6.71. The van der Waals surface area contributed by atoms with Gasteiger partial charge in [-0.15, -0.1) is 0 Å². The maximum Gasteiger partial charge on any atom is 0.285 e. The molecule has 29 heavy (non-hydrogen) atoms. The molecule has 2 fully saturated rings. The number of fused-ring (bicyclic) bond motifs is 2. The van der Waals surface area contributed by atoms with Crippen molar-refractivity contribution in [3.63, 3.8) is 0 Å². The molecule has 1 saturated heterocycles. The molecule has 3 atom stereocenters. The fourth-order valence-electron chi connectivity index (χ4n) is 5.71. The first-order valence-electron chi connectivity index (χ1n) is 11.3. The lowest BCUT2D eigenvalue weighted by atomic mass is 9.89. The molecule has 0 amide bonds. The lowest BCUT2D eigenvalue weighted by molar-refractivity contribution is 0.173. The zero-order valence-electron chi connectivity index (χ0n) is 18.5. The highest BCUT2D eigenvalue weighted by Crippen LogP contribution is 2.63. The first-order chi connectivity index (χ1) is 13.8. The predicted octanol–water partition coefficient (Wildman–Crippen LogP) is 6.34. The second kappa shape index (κ2) is 8.15. The maximum atomic E-state index is 14.8. The minimum atomic E-state index is -2.89. The summed E-state index contributed by atoms with van der Waals surface area (Å²) in [5.41, 5.74) is 1.22. The van der Waals surface area contributed by atoms with Gasteiger partial charge in [-0.2, -0.15) is 0 Å². The van der Waals surface area contributed by atoms with Crippen molar-refractivity contribution >= 4 is 18.4 Å². The number of hydrogen-bond acceptors (Lipinski definition) is 1. The van der Waals surface area contributed by atoms with Crippen molar-refractivity contribution in [1.82, 2.24) is 14.4 Å². The Morgan fingerprint density at radius 1 is 0.862 bits per heavy atom. The molecular weight excluding hydrogens is 377 g/mol. The molecule has 1 saturated carbocycles. The molecule has 4 rings (SSSR count). The summed E-state index contributed by atoms with van der Waals surface area (Å²) >= 11 is 0. The van der Waals surface area contributed by atoms with E-state index in [1.807, 2.05) is 0 Å². The van der Waals surface area contributed by atoms with Crippen LogP contribution in [0, 0.1) is 0 Å². The van der Waals surface area contributed by atoms with Gasteiger partial charge in [-0.25, -0.2) is 14.4 Å². The quantitative estimate of drug-likeness (QED) is 0.580. The minimum absolute atomic E-state index is 0.00888. The molecule has 2 aromatic carbocycles. The Labute approximate surface area is 176 Å². The van der Waals surface area contributed by atoms with Gasteiger partial charge in [0.15, 0.2) is 0 Å². The van der Waals surface area contributed by atoms with Crippen LogP contribution in [-0.4, -0.2) is 33.5 Å². The van der Waals surface area contributed by atoms with Gasteiger partial charge >= 0.3 is 0 Å². The number of nitrogens with one attached hydrogen (secondary N) is 1. The Bertz CT molecular complexity index is 879. The monoisotopic (exact) mass is 413 g/mol. The third-order valence-corrected chi connectivity index (χ3v) is 10.2.